The van der Waals surface area contributed by atoms with Gasteiger partial charge < -0.3 is 15.7 Å². The van der Waals surface area contributed by atoms with Crippen molar-refractivity contribution in [2.45, 2.75) is 39.0 Å². The predicted molar refractivity (Wildman–Crippen MR) is 89.8 cm³/mol. The Labute approximate surface area is 137 Å². The number of allylic oxidation sites excluding steroid dienone is 1. The molecule has 2 amide bonds. The molecule has 128 valence electrons. The van der Waals surface area contributed by atoms with Gasteiger partial charge in [-0.25, -0.2) is 0 Å². The Bertz CT molecular complexity index is 467. The third-order valence-electron chi connectivity index (χ3n) is 3.02. The molecule has 0 aliphatic rings. The SMILES string of the molecule is C=C(/C=C(\C=C/C)CNC=O)C(=O)NCCCCCCC(=O)O. The van der Waals surface area contributed by atoms with Crippen LogP contribution in [0.3, 0.4) is 0 Å². The molecule has 0 aliphatic heterocycles. The summed E-state index contributed by atoms with van der Waals surface area (Å²) in [5.41, 5.74) is 1.12. The molecule has 0 atom stereocenters. The maximum atomic E-state index is 11.9. The molecule has 3 N–H and O–H groups in total. The minimum atomic E-state index is -0.776. The van der Waals surface area contributed by atoms with E-state index in [4.69, 9.17) is 5.11 Å². The van der Waals surface area contributed by atoms with Gasteiger partial charge in [0.15, 0.2) is 0 Å². The number of carboxylic acid groups (broad SMARTS) is 1. The molecule has 0 aromatic carbocycles. The topological polar surface area (TPSA) is 95.5 Å². The van der Waals surface area contributed by atoms with Gasteiger partial charge in [-0.1, -0.05) is 31.6 Å². The van der Waals surface area contributed by atoms with Crippen LogP contribution in [0.15, 0.2) is 36.0 Å². The van der Waals surface area contributed by atoms with Crippen LogP contribution in [-0.4, -0.2) is 36.5 Å². The molecule has 0 bridgehead atoms. The van der Waals surface area contributed by atoms with E-state index in [0.717, 1.165) is 24.8 Å². The lowest BCUT2D eigenvalue weighted by Gasteiger charge is -2.06. The zero-order valence-electron chi connectivity index (χ0n) is 13.6. The van der Waals surface area contributed by atoms with E-state index in [2.05, 4.69) is 17.2 Å². The Hall–Kier alpha value is -2.37. The van der Waals surface area contributed by atoms with Gasteiger partial charge in [0.25, 0.3) is 5.91 Å². The second-order valence-electron chi connectivity index (χ2n) is 5.06. The summed E-state index contributed by atoms with van der Waals surface area (Å²) in [6.45, 7) is 6.45. The number of carbonyl (C=O) groups is 3. The van der Waals surface area contributed by atoms with Gasteiger partial charge in [0.05, 0.1) is 0 Å². The molecule has 0 spiro atoms. The van der Waals surface area contributed by atoms with Crippen LogP contribution >= 0.6 is 0 Å². The molecule has 0 saturated heterocycles. The smallest absolute Gasteiger partial charge is 0.303 e. The van der Waals surface area contributed by atoms with Crippen LogP contribution in [0.25, 0.3) is 0 Å². The Kier molecular flexibility index (Phi) is 11.9. The number of carbonyl (C=O) groups excluding carboxylic acids is 2. The number of carboxylic acids is 1. The van der Waals surface area contributed by atoms with Crippen molar-refractivity contribution < 1.29 is 19.5 Å². The number of unbranched alkanes of at least 4 members (excludes halogenated alkanes) is 3. The molecule has 0 fully saturated rings. The molecule has 0 radical (unpaired) electrons. The number of nitrogens with one attached hydrogen (secondary N) is 2. The third kappa shape index (κ3) is 11.9. The summed E-state index contributed by atoms with van der Waals surface area (Å²) in [4.78, 5) is 32.6. The molecule has 0 rings (SSSR count). The van der Waals surface area contributed by atoms with Crippen molar-refractivity contribution in [2.75, 3.05) is 13.1 Å². The third-order valence-corrected chi connectivity index (χ3v) is 3.02. The fraction of sp³-hybridized carbons (Fsp3) is 0.471. The van der Waals surface area contributed by atoms with E-state index >= 15 is 0 Å². The zero-order valence-corrected chi connectivity index (χ0v) is 13.6. The van der Waals surface area contributed by atoms with E-state index in [1.165, 1.54) is 0 Å². The van der Waals surface area contributed by atoms with E-state index in [9.17, 15) is 14.4 Å². The van der Waals surface area contributed by atoms with E-state index in [1.807, 2.05) is 13.0 Å². The number of rotatable bonds is 13. The van der Waals surface area contributed by atoms with Crippen LogP contribution in [0.4, 0.5) is 0 Å². The van der Waals surface area contributed by atoms with Crippen molar-refractivity contribution in [1.82, 2.24) is 10.6 Å². The van der Waals surface area contributed by atoms with E-state index < -0.39 is 5.97 Å². The van der Waals surface area contributed by atoms with Gasteiger partial charge in [0.1, 0.15) is 0 Å². The second-order valence-corrected chi connectivity index (χ2v) is 5.06. The molecule has 0 aliphatic carbocycles. The highest BCUT2D eigenvalue weighted by atomic mass is 16.4. The van der Waals surface area contributed by atoms with Crippen molar-refractivity contribution >= 4 is 18.3 Å². The highest BCUT2D eigenvalue weighted by Gasteiger charge is 2.04. The molecular formula is C17H26N2O4. The summed E-state index contributed by atoms with van der Waals surface area (Å²) >= 11 is 0. The van der Waals surface area contributed by atoms with Crippen LogP contribution in [0.2, 0.25) is 0 Å². The standard InChI is InChI=1S/C17H26N2O4/c1-3-8-15(12-18-13-20)11-14(2)17(23)19-10-7-5-4-6-9-16(21)22/h3,8,11,13H,2,4-7,9-10,12H2,1H3,(H,18,20)(H,19,23)(H,21,22)/b8-3-,15-11+. The van der Waals surface area contributed by atoms with Crippen LogP contribution in [0, 0.1) is 0 Å². The van der Waals surface area contributed by atoms with Crippen LogP contribution in [-0.2, 0) is 14.4 Å². The Morgan fingerprint density at radius 2 is 1.87 bits per heavy atom. The summed E-state index contributed by atoms with van der Waals surface area (Å²) in [7, 11) is 0. The number of hydrogen-bond donors (Lipinski definition) is 3. The molecule has 0 saturated carbocycles. The normalized spacial score (nSPS) is 11.3. The van der Waals surface area contributed by atoms with Gasteiger partial charge in [-0.3, -0.25) is 14.4 Å². The second kappa shape index (κ2) is 13.3. The molecule has 6 heteroatoms. The molecule has 0 unspecified atom stereocenters. The van der Waals surface area contributed by atoms with Crippen LogP contribution in [0.1, 0.15) is 39.0 Å². The Morgan fingerprint density at radius 1 is 1.17 bits per heavy atom. The van der Waals surface area contributed by atoms with Crippen LogP contribution in [0.5, 0.6) is 0 Å². The lowest BCUT2D eigenvalue weighted by molar-refractivity contribution is -0.137. The Morgan fingerprint density at radius 3 is 2.48 bits per heavy atom. The first-order chi connectivity index (χ1) is 11.0. The first kappa shape index (κ1) is 20.6. The maximum absolute atomic E-state index is 11.9. The molecule has 6 nitrogen and oxygen atoms in total. The largest absolute Gasteiger partial charge is 0.481 e. The number of hydrogen-bond acceptors (Lipinski definition) is 3. The fourth-order valence-electron chi connectivity index (χ4n) is 1.89. The molecular weight excluding hydrogens is 296 g/mol. The highest BCUT2D eigenvalue weighted by Crippen LogP contribution is 2.04. The van der Waals surface area contributed by atoms with Crippen LogP contribution < -0.4 is 10.6 Å². The first-order valence-electron chi connectivity index (χ1n) is 7.70. The summed E-state index contributed by atoms with van der Waals surface area (Å²) in [5.74, 6) is -1.02. The van der Waals surface area contributed by atoms with Crippen molar-refractivity contribution in [2.24, 2.45) is 0 Å². The summed E-state index contributed by atoms with van der Waals surface area (Å²) in [6.07, 6.45) is 9.23. The average Bonchev–Trinajstić information content (AvgIpc) is 2.51. The lowest BCUT2D eigenvalue weighted by Crippen LogP contribution is -2.25. The quantitative estimate of drug-likeness (QED) is 0.209. The zero-order chi connectivity index (χ0) is 17.5. The van der Waals surface area contributed by atoms with Gasteiger partial charge in [0, 0.05) is 25.1 Å². The lowest BCUT2D eigenvalue weighted by atomic mass is 10.1. The molecule has 0 aromatic heterocycles. The summed E-state index contributed by atoms with van der Waals surface area (Å²) < 4.78 is 0. The predicted octanol–water partition coefficient (Wildman–Crippen LogP) is 1.94. The maximum Gasteiger partial charge on any atom is 0.303 e. The molecule has 0 aromatic rings. The van der Waals surface area contributed by atoms with Crippen molar-refractivity contribution in [3.8, 4) is 0 Å². The molecule has 0 heterocycles. The monoisotopic (exact) mass is 322 g/mol. The van der Waals surface area contributed by atoms with Gasteiger partial charge >= 0.3 is 5.97 Å². The van der Waals surface area contributed by atoms with Gasteiger partial charge in [0.2, 0.25) is 6.41 Å². The fourth-order valence-corrected chi connectivity index (χ4v) is 1.89. The Balaban J connectivity index is 4.06. The van der Waals surface area contributed by atoms with Crippen molar-refractivity contribution in [3.63, 3.8) is 0 Å². The van der Waals surface area contributed by atoms with Crippen molar-refractivity contribution in [3.05, 3.63) is 36.0 Å². The van der Waals surface area contributed by atoms with Crippen molar-refractivity contribution in [1.29, 1.82) is 0 Å². The summed E-state index contributed by atoms with van der Waals surface area (Å²) in [5, 5.41) is 13.8. The van der Waals surface area contributed by atoms with E-state index in [0.29, 0.717) is 31.5 Å². The van der Waals surface area contributed by atoms with Gasteiger partial charge in [-0.2, -0.15) is 0 Å². The van der Waals surface area contributed by atoms with Gasteiger partial charge in [-0.05, 0) is 31.4 Å². The number of aliphatic carboxylic acids is 1. The summed E-state index contributed by atoms with van der Waals surface area (Å²) in [6, 6.07) is 0. The van der Waals surface area contributed by atoms with E-state index in [1.54, 1.807) is 12.2 Å². The average molecular weight is 322 g/mol. The minimum Gasteiger partial charge on any atom is -0.481 e. The number of amides is 2. The molecule has 23 heavy (non-hydrogen) atoms. The van der Waals surface area contributed by atoms with E-state index in [-0.39, 0.29) is 12.3 Å². The minimum absolute atomic E-state index is 0.191. The van der Waals surface area contributed by atoms with Gasteiger partial charge in [-0.15, -0.1) is 0 Å². The first-order valence-corrected chi connectivity index (χ1v) is 7.70. The highest BCUT2D eigenvalue weighted by molar-refractivity contribution is 5.95.